The van der Waals surface area contributed by atoms with Gasteiger partial charge in [-0.15, -0.1) is 23.4 Å². The van der Waals surface area contributed by atoms with Crippen molar-refractivity contribution in [2.24, 2.45) is 5.92 Å². The second-order valence-electron chi connectivity index (χ2n) is 7.27. The van der Waals surface area contributed by atoms with Gasteiger partial charge in [-0.25, -0.2) is 0 Å². The fourth-order valence-electron chi connectivity index (χ4n) is 3.20. The lowest BCUT2D eigenvalue weighted by Gasteiger charge is -2.23. The van der Waals surface area contributed by atoms with Gasteiger partial charge in [0.25, 0.3) is 0 Å². The van der Waals surface area contributed by atoms with Crippen LogP contribution in [0.3, 0.4) is 0 Å². The molecule has 28 heavy (non-hydrogen) atoms. The van der Waals surface area contributed by atoms with E-state index in [1.165, 1.54) is 11.8 Å². The molecular weight excluding hydrogens is 415 g/mol. The highest BCUT2D eigenvalue weighted by Crippen LogP contribution is 2.36. The molecule has 0 radical (unpaired) electrons. The molecule has 150 valence electrons. The van der Waals surface area contributed by atoms with Crippen LogP contribution in [-0.2, 0) is 16.1 Å². The Morgan fingerprint density at radius 2 is 2.14 bits per heavy atom. The van der Waals surface area contributed by atoms with Gasteiger partial charge in [0, 0.05) is 21.2 Å². The number of esters is 1. The number of benzene rings is 1. The summed E-state index contributed by atoms with van der Waals surface area (Å²) in [5.74, 6) is -0.246. The number of allylic oxidation sites excluding steroid dienone is 4. The van der Waals surface area contributed by atoms with E-state index in [2.05, 4.69) is 6.07 Å². The van der Waals surface area contributed by atoms with Gasteiger partial charge in [0.1, 0.15) is 4.75 Å². The molecule has 0 saturated carbocycles. The maximum Gasteiger partial charge on any atom is 0.321 e. The highest BCUT2D eigenvalue weighted by molar-refractivity contribution is 8.01. The second-order valence-corrected chi connectivity index (χ2v) is 9.90. The molecule has 1 aliphatic carbocycles. The molecule has 2 aromatic rings. The number of hydrogen-bond donors (Lipinski definition) is 0. The first-order chi connectivity index (χ1) is 13.2. The first-order valence-electron chi connectivity index (χ1n) is 9.24. The Kier molecular flexibility index (Phi) is 6.47. The van der Waals surface area contributed by atoms with Crippen LogP contribution in [-0.4, -0.2) is 32.5 Å². The summed E-state index contributed by atoms with van der Waals surface area (Å²) in [6.07, 6.45) is 5.71. The summed E-state index contributed by atoms with van der Waals surface area (Å²) in [6, 6.07) is 6.14. The quantitative estimate of drug-likeness (QED) is 0.329. The Morgan fingerprint density at radius 3 is 2.82 bits per heavy atom. The largest absolute Gasteiger partial charge is 0.465 e. The lowest BCUT2D eigenvalue weighted by molar-refractivity contribution is -0.145. The Labute approximate surface area is 179 Å². The summed E-state index contributed by atoms with van der Waals surface area (Å²) < 4.78 is 6.48. The van der Waals surface area contributed by atoms with Gasteiger partial charge in [-0.05, 0) is 52.0 Å². The van der Waals surface area contributed by atoms with Gasteiger partial charge >= 0.3 is 5.97 Å². The van der Waals surface area contributed by atoms with Gasteiger partial charge in [0.05, 0.1) is 29.7 Å². The van der Waals surface area contributed by atoms with E-state index in [1.807, 2.05) is 62.7 Å². The number of thioether (sulfide) groups is 1. The van der Waals surface area contributed by atoms with Crippen LogP contribution >= 0.6 is 35.0 Å². The van der Waals surface area contributed by atoms with Gasteiger partial charge < -0.3 is 4.74 Å². The molecule has 3 rings (SSSR count). The lowest BCUT2D eigenvalue weighted by atomic mass is 10.00. The van der Waals surface area contributed by atoms with E-state index in [0.29, 0.717) is 13.2 Å². The molecule has 0 fully saturated rings. The van der Waals surface area contributed by atoms with Crippen LogP contribution in [0.1, 0.15) is 26.5 Å². The molecule has 0 saturated heterocycles. The first kappa shape index (κ1) is 21.3. The molecule has 4 nitrogen and oxygen atoms in total. The summed E-state index contributed by atoms with van der Waals surface area (Å²) in [4.78, 5) is 13.2. The average molecular weight is 439 g/mol. The van der Waals surface area contributed by atoms with Crippen molar-refractivity contribution in [1.29, 1.82) is 0 Å². The number of rotatable bonds is 6. The van der Waals surface area contributed by atoms with Crippen LogP contribution in [0.4, 0.5) is 0 Å². The maximum absolute atomic E-state index is 12.2. The Morgan fingerprint density at radius 1 is 1.39 bits per heavy atom. The average Bonchev–Trinajstić information content (AvgIpc) is 2.93. The molecule has 7 heteroatoms. The van der Waals surface area contributed by atoms with E-state index in [4.69, 9.17) is 33.0 Å². The maximum atomic E-state index is 12.2. The van der Waals surface area contributed by atoms with E-state index >= 15 is 0 Å². The zero-order valence-electron chi connectivity index (χ0n) is 16.4. The highest BCUT2D eigenvalue weighted by Gasteiger charge is 2.31. The SMILES string of the molecule is CCOC(=O)C(C)(C)Sc1ccc2c(C)nn(CC3C(Cl)=CC=CC3Cl)c2c1. The van der Waals surface area contributed by atoms with Crippen molar-refractivity contribution in [3.63, 3.8) is 0 Å². The van der Waals surface area contributed by atoms with Crippen molar-refractivity contribution in [2.45, 2.75) is 49.3 Å². The summed E-state index contributed by atoms with van der Waals surface area (Å²) in [5, 5.41) is 6.35. The molecule has 2 unspecified atom stereocenters. The molecule has 0 amide bonds. The third kappa shape index (κ3) is 4.42. The van der Waals surface area contributed by atoms with Crippen LogP contribution in [0, 0.1) is 12.8 Å². The van der Waals surface area contributed by atoms with E-state index in [1.54, 1.807) is 0 Å². The molecule has 0 aliphatic heterocycles. The number of hydrogen-bond acceptors (Lipinski definition) is 4. The van der Waals surface area contributed by atoms with Crippen molar-refractivity contribution in [3.8, 4) is 0 Å². The molecule has 1 aromatic heterocycles. The normalized spacial score (nSPS) is 19.7. The van der Waals surface area contributed by atoms with Crippen LogP contribution in [0.2, 0.25) is 0 Å². The standard InChI is InChI=1S/C21H24Cl2N2O2S/c1-5-27-20(26)21(3,4)28-14-9-10-15-13(2)24-25(19(15)11-14)12-16-17(22)7-6-8-18(16)23/h6-11,16-17H,5,12H2,1-4H3. The molecule has 1 aromatic carbocycles. The van der Waals surface area contributed by atoms with Crippen LogP contribution in [0.25, 0.3) is 10.9 Å². The summed E-state index contributed by atoms with van der Waals surface area (Å²) in [5.41, 5.74) is 1.96. The van der Waals surface area contributed by atoms with Crippen LogP contribution < -0.4 is 0 Å². The molecule has 1 heterocycles. The van der Waals surface area contributed by atoms with Crippen molar-refractivity contribution < 1.29 is 9.53 Å². The minimum Gasteiger partial charge on any atom is -0.465 e. The van der Waals surface area contributed by atoms with Crippen molar-refractivity contribution in [2.75, 3.05) is 6.61 Å². The van der Waals surface area contributed by atoms with E-state index in [9.17, 15) is 4.79 Å². The highest BCUT2D eigenvalue weighted by atomic mass is 35.5. The fraction of sp³-hybridized carbons (Fsp3) is 0.429. The summed E-state index contributed by atoms with van der Waals surface area (Å²) >= 11 is 14.3. The van der Waals surface area contributed by atoms with Gasteiger partial charge in [-0.1, -0.05) is 23.8 Å². The predicted molar refractivity (Wildman–Crippen MR) is 117 cm³/mol. The third-order valence-electron chi connectivity index (χ3n) is 4.71. The van der Waals surface area contributed by atoms with Crippen LogP contribution in [0.5, 0.6) is 0 Å². The van der Waals surface area contributed by atoms with Gasteiger partial charge in [0.15, 0.2) is 0 Å². The molecule has 0 bridgehead atoms. The molecule has 1 aliphatic rings. The van der Waals surface area contributed by atoms with Gasteiger partial charge in [-0.2, -0.15) is 5.10 Å². The van der Waals surface area contributed by atoms with Crippen molar-refractivity contribution in [3.05, 3.63) is 47.2 Å². The number of aromatic nitrogens is 2. The Hall–Kier alpha value is -1.43. The number of carbonyl (C=O) groups is 1. The minimum absolute atomic E-state index is 0.0249. The van der Waals surface area contributed by atoms with E-state index in [-0.39, 0.29) is 17.3 Å². The predicted octanol–water partition coefficient (Wildman–Crippen LogP) is 5.69. The zero-order valence-corrected chi connectivity index (χ0v) is 18.7. The summed E-state index contributed by atoms with van der Waals surface area (Å²) in [7, 11) is 0. The monoisotopic (exact) mass is 438 g/mol. The van der Waals surface area contributed by atoms with Crippen molar-refractivity contribution in [1.82, 2.24) is 9.78 Å². The first-order valence-corrected chi connectivity index (χ1v) is 10.9. The Balaban J connectivity index is 1.91. The zero-order chi connectivity index (χ0) is 20.5. The topological polar surface area (TPSA) is 44.1 Å². The van der Waals surface area contributed by atoms with E-state index in [0.717, 1.165) is 26.5 Å². The summed E-state index contributed by atoms with van der Waals surface area (Å²) in [6.45, 7) is 8.52. The van der Waals surface area contributed by atoms with Gasteiger partial charge in [0.2, 0.25) is 0 Å². The number of alkyl halides is 1. The fourth-order valence-corrected chi connectivity index (χ4v) is 4.88. The van der Waals surface area contributed by atoms with E-state index < -0.39 is 4.75 Å². The Bertz CT molecular complexity index is 949. The third-order valence-corrected chi connectivity index (χ3v) is 6.73. The number of aryl methyl sites for hydroxylation is 1. The van der Waals surface area contributed by atoms with Crippen molar-refractivity contribution >= 4 is 51.8 Å². The van der Waals surface area contributed by atoms with Gasteiger partial charge in [-0.3, -0.25) is 9.48 Å². The molecule has 2 atom stereocenters. The molecular formula is C21H24Cl2N2O2S. The number of halogens is 2. The lowest BCUT2D eigenvalue weighted by Crippen LogP contribution is -2.29. The smallest absolute Gasteiger partial charge is 0.321 e. The number of ether oxygens (including phenoxy) is 1. The molecule has 0 N–H and O–H groups in total. The molecule has 0 spiro atoms. The van der Waals surface area contributed by atoms with Crippen LogP contribution in [0.15, 0.2) is 46.4 Å². The number of nitrogens with zero attached hydrogens (tertiary/aromatic N) is 2. The second kappa shape index (κ2) is 8.52. The number of fused-ring (bicyclic) bond motifs is 1. The number of carbonyl (C=O) groups excluding carboxylic acids is 1. The minimum atomic E-state index is -0.676.